The Kier molecular flexibility index (Phi) is 5.25. The lowest BCUT2D eigenvalue weighted by atomic mass is 10.1. The number of hydrogen-bond acceptors (Lipinski definition) is 5. The molecule has 1 atom stereocenters. The molecule has 0 aliphatic carbocycles. The number of nitrogens with two attached hydrogens (primary N) is 1. The highest BCUT2D eigenvalue weighted by atomic mass is 19.1. The van der Waals surface area contributed by atoms with Crippen molar-refractivity contribution in [2.24, 2.45) is 0 Å². The highest BCUT2D eigenvalue weighted by Crippen LogP contribution is 2.14. The number of halogens is 1. The third-order valence-corrected chi connectivity index (χ3v) is 3.34. The largest absolute Gasteiger partial charge is 0.368 e. The van der Waals surface area contributed by atoms with Crippen LogP contribution in [0.5, 0.6) is 0 Å². The van der Waals surface area contributed by atoms with Crippen LogP contribution in [0.25, 0.3) is 0 Å². The smallest absolute Gasteiger partial charge is 0.227 e. The van der Waals surface area contributed by atoms with Crippen LogP contribution in [0.4, 0.5) is 16.3 Å². The summed E-state index contributed by atoms with van der Waals surface area (Å²) in [7, 11) is 0. The molecule has 1 heterocycles. The maximum absolute atomic E-state index is 12.9. The SMILES string of the molecule is CC(CCc1ccc(F)cc1)Nc1nc(N)nc(C(C)C)n1. The number of nitrogens with one attached hydrogen (secondary N) is 1. The lowest BCUT2D eigenvalue weighted by Crippen LogP contribution is -2.19. The molecule has 5 nitrogen and oxygen atoms in total. The summed E-state index contributed by atoms with van der Waals surface area (Å²) in [5.41, 5.74) is 6.82. The van der Waals surface area contributed by atoms with Crippen LogP contribution >= 0.6 is 0 Å². The quantitative estimate of drug-likeness (QED) is 0.857. The Bertz CT molecular complexity index is 612. The minimum Gasteiger partial charge on any atom is -0.368 e. The van der Waals surface area contributed by atoms with Gasteiger partial charge < -0.3 is 11.1 Å². The normalized spacial score (nSPS) is 12.4. The first-order valence-electron chi connectivity index (χ1n) is 7.46. The number of aryl methyl sites for hydroxylation is 1. The van der Waals surface area contributed by atoms with Gasteiger partial charge in [-0.3, -0.25) is 0 Å². The molecule has 1 aromatic carbocycles. The number of nitrogen functional groups attached to an aromatic ring is 1. The molecule has 1 unspecified atom stereocenters. The van der Waals surface area contributed by atoms with Gasteiger partial charge in [0.15, 0.2) is 0 Å². The summed E-state index contributed by atoms with van der Waals surface area (Å²) in [4.78, 5) is 12.6. The van der Waals surface area contributed by atoms with E-state index >= 15 is 0 Å². The Morgan fingerprint density at radius 2 is 1.77 bits per heavy atom. The van der Waals surface area contributed by atoms with Gasteiger partial charge in [0, 0.05) is 12.0 Å². The third-order valence-electron chi connectivity index (χ3n) is 3.34. The molecule has 118 valence electrons. The van der Waals surface area contributed by atoms with Crippen LogP contribution in [-0.2, 0) is 6.42 Å². The van der Waals surface area contributed by atoms with E-state index in [1.807, 2.05) is 13.8 Å². The van der Waals surface area contributed by atoms with E-state index in [1.165, 1.54) is 12.1 Å². The Balaban J connectivity index is 1.94. The van der Waals surface area contributed by atoms with Crippen molar-refractivity contribution in [2.45, 2.75) is 45.6 Å². The highest BCUT2D eigenvalue weighted by Gasteiger charge is 2.10. The van der Waals surface area contributed by atoms with Gasteiger partial charge in [-0.2, -0.15) is 15.0 Å². The van der Waals surface area contributed by atoms with Crippen LogP contribution in [-0.4, -0.2) is 21.0 Å². The Hall–Kier alpha value is -2.24. The van der Waals surface area contributed by atoms with E-state index in [-0.39, 0.29) is 23.7 Å². The molecule has 0 spiro atoms. The molecule has 6 heteroatoms. The fraction of sp³-hybridized carbons (Fsp3) is 0.438. The van der Waals surface area contributed by atoms with Gasteiger partial charge in [-0.15, -0.1) is 0 Å². The summed E-state index contributed by atoms with van der Waals surface area (Å²) in [6, 6.07) is 6.75. The van der Waals surface area contributed by atoms with E-state index in [4.69, 9.17) is 5.73 Å². The van der Waals surface area contributed by atoms with Gasteiger partial charge in [-0.1, -0.05) is 26.0 Å². The molecular weight excluding hydrogens is 281 g/mol. The van der Waals surface area contributed by atoms with Gasteiger partial charge >= 0.3 is 0 Å². The second-order valence-corrected chi connectivity index (χ2v) is 5.74. The molecule has 0 radical (unpaired) electrons. The van der Waals surface area contributed by atoms with Crippen molar-refractivity contribution in [2.75, 3.05) is 11.1 Å². The van der Waals surface area contributed by atoms with Crippen LogP contribution < -0.4 is 11.1 Å². The summed E-state index contributed by atoms with van der Waals surface area (Å²) in [6.45, 7) is 6.07. The van der Waals surface area contributed by atoms with E-state index in [9.17, 15) is 4.39 Å². The van der Waals surface area contributed by atoms with Crippen molar-refractivity contribution in [3.8, 4) is 0 Å². The van der Waals surface area contributed by atoms with Crippen molar-refractivity contribution in [3.05, 3.63) is 41.5 Å². The summed E-state index contributed by atoms with van der Waals surface area (Å²) in [5, 5.41) is 3.24. The molecule has 3 N–H and O–H groups in total. The molecule has 0 fully saturated rings. The maximum Gasteiger partial charge on any atom is 0.227 e. The van der Waals surface area contributed by atoms with E-state index in [0.717, 1.165) is 18.4 Å². The van der Waals surface area contributed by atoms with Gasteiger partial charge in [-0.05, 0) is 37.5 Å². The second kappa shape index (κ2) is 7.15. The number of anilines is 2. The Morgan fingerprint density at radius 3 is 2.41 bits per heavy atom. The molecule has 0 saturated heterocycles. The topological polar surface area (TPSA) is 76.7 Å². The Labute approximate surface area is 130 Å². The van der Waals surface area contributed by atoms with Crippen LogP contribution in [0.2, 0.25) is 0 Å². The molecule has 0 aliphatic rings. The summed E-state index contributed by atoms with van der Waals surface area (Å²) in [6.07, 6.45) is 1.74. The van der Waals surface area contributed by atoms with E-state index in [1.54, 1.807) is 12.1 Å². The molecule has 2 rings (SSSR count). The maximum atomic E-state index is 12.9. The zero-order chi connectivity index (χ0) is 16.1. The van der Waals surface area contributed by atoms with Gasteiger partial charge in [0.1, 0.15) is 11.6 Å². The van der Waals surface area contributed by atoms with E-state index < -0.39 is 0 Å². The number of nitrogens with zero attached hydrogens (tertiary/aromatic N) is 3. The van der Waals surface area contributed by atoms with Crippen molar-refractivity contribution >= 4 is 11.9 Å². The number of rotatable bonds is 6. The van der Waals surface area contributed by atoms with E-state index in [2.05, 4.69) is 27.2 Å². The van der Waals surface area contributed by atoms with Crippen LogP contribution in [0.1, 0.15) is 44.5 Å². The second-order valence-electron chi connectivity index (χ2n) is 5.74. The van der Waals surface area contributed by atoms with Gasteiger partial charge in [0.2, 0.25) is 11.9 Å². The number of benzene rings is 1. The summed E-state index contributed by atoms with van der Waals surface area (Å²) in [5.74, 6) is 1.40. The first-order chi connectivity index (χ1) is 10.4. The molecule has 0 amide bonds. The van der Waals surface area contributed by atoms with Crippen LogP contribution in [0, 0.1) is 5.82 Å². The molecule has 2 aromatic rings. The van der Waals surface area contributed by atoms with Crippen molar-refractivity contribution in [1.82, 2.24) is 15.0 Å². The van der Waals surface area contributed by atoms with Crippen LogP contribution in [0.3, 0.4) is 0 Å². The predicted octanol–water partition coefficient (Wildman–Crippen LogP) is 3.15. The van der Waals surface area contributed by atoms with Crippen molar-refractivity contribution in [3.63, 3.8) is 0 Å². The molecular formula is C16H22FN5. The fourth-order valence-electron chi connectivity index (χ4n) is 2.06. The standard InChI is InChI=1S/C16H22FN5/c1-10(2)14-20-15(18)22-16(21-14)19-11(3)4-5-12-6-8-13(17)9-7-12/h6-11H,4-5H2,1-3H3,(H3,18,19,20,21,22). The summed E-state index contributed by atoms with van der Waals surface area (Å²) >= 11 is 0. The Morgan fingerprint density at radius 1 is 1.09 bits per heavy atom. The first kappa shape index (κ1) is 16.1. The molecule has 0 bridgehead atoms. The minimum absolute atomic E-state index is 0.173. The number of hydrogen-bond donors (Lipinski definition) is 2. The molecule has 22 heavy (non-hydrogen) atoms. The average molecular weight is 303 g/mol. The summed E-state index contributed by atoms with van der Waals surface area (Å²) < 4.78 is 12.9. The predicted molar refractivity (Wildman–Crippen MR) is 86.1 cm³/mol. The zero-order valence-corrected chi connectivity index (χ0v) is 13.2. The molecule has 1 aromatic heterocycles. The first-order valence-corrected chi connectivity index (χ1v) is 7.46. The molecule has 0 saturated carbocycles. The lowest BCUT2D eigenvalue weighted by Gasteiger charge is -2.15. The number of aromatic nitrogens is 3. The van der Waals surface area contributed by atoms with Crippen molar-refractivity contribution < 1.29 is 4.39 Å². The zero-order valence-electron chi connectivity index (χ0n) is 13.2. The van der Waals surface area contributed by atoms with Gasteiger partial charge in [-0.25, -0.2) is 4.39 Å². The lowest BCUT2D eigenvalue weighted by molar-refractivity contribution is 0.626. The van der Waals surface area contributed by atoms with Crippen molar-refractivity contribution in [1.29, 1.82) is 0 Å². The van der Waals surface area contributed by atoms with Crippen LogP contribution in [0.15, 0.2) is 24.3 Å². The minimum atomic E-state index is -0.211. The fourth-order valence-corrected chi connectivity index (χ4v) is 2.06. The average Bonchev–Trinajstić information content (AvgIpc) is 2.46. The molecule has 0 aliphatic heterocycles. The van der Waals surface area contributed by atoms with Gasteiger partial charge in [0.25, 0.3) is 0 Å². The highest BCUT2D eigenvalue weighted by molar-refractivity contribution is 5.32. The van der Waals surface area contributed by atoms with E-state index in [0.29, 0.717) is 11.8 Å². The monoisotopic (exact) mass is 303 g/mol. The third kappa shape index (κ3) is 4.65. The van der Waals surface area contributed by atoms with Gasteiger partial charge in [0.05, 0.1) is 0 Å².